The summed E-state index contributed by atoms with van der Waals surface area (Å²) in [6.07, 6.45) is 0. The SMILES string of the molecule is [2H]c1c([2H])c([2H])c(-c2ccc3c(-c4cccc5oc6c7ccccc7ccc6c45)c4ccccc4c(-c4ccccc4-c4c([2H])c([2H])c([2H])c([2H])c4[2H])c3c2)c([2H])c1[2H]. The van der Waals surface area contributed by atoms with Crippen LogP contribution in [0.1, 0.15) is 13.7 Å². The summed E-state index contributed by atoms with van der Waals surface area (Å²) >= 11 is 0. The minimum atomic E-state index is -0.487. The number of benzene rings is 9. The van der Waals surface area contributed by atoms with Crippen LogP contribution < -0.4 is 0 Å². The van der Waals surface area contributed by atoms with E-state index in [1.807, 2.05) is 78.9 Å². The standard InChI is InChI=1S/C48H30O/c1-3-14-31(15-4-1)34-27-28-40-43(30-34)46(37-21-10-9-19-35(37)32-16-5-2-6-17-32)39-23-12-11-22-38(39)45(40)41-24-13-25-44-47(41)42-29-26-33-18-7-8-20-36(33)48(42)49-44/h1-30H/i1D,2D,3D,4D,5D,6D,14D,15D,16D,17D. The monoisotopic (exact) mass is 632 g/mol. The molecule has 228 valence electrons. The van der Waals surface area contributed by atoms with Crippen LogP contribution in [0.2, 0.25) is 0 Å². The highest BCUT2D eigenvalue weighted by atomic mass is 16.3. The lowest BCUT2D eigenvalue weighted by Gasteiger charge is -2.21. The zero-order valence-corrected chi connectivity index (χ0v) is 26.0. The first-order valence-corrected chi connectivity index (χ1v) is 16.0. The van der Waals surface area contributed by atoms with Gasteiger partial charge in [-0.15, -0.1) is 0 Å². The number of furan rings is 1. The van der Waals surface area contributed by atoms with E-state index in [2.05, 4.69) is 24.3 Å². The van der Waals surface area contributed by atoms with Gasteiger partial charge in [0, 0.05) is 16.2 Å². The van der Waals surface area contributed by atoms with Gasteiger partial charge < -0.3 is 4.42 Å². The molecule has 0 saturated carbocycles. The molecule has 0 bridgehead atoms. The van der Waals surface area contributed by atoms with Crippen LogP contribution in [0.15, 0.2) is 186 Å². The lowest BCUT2D eigenvalue weighted by molar-refractivity contribution is 0.673. The fourth-order valence-corrected chi connectivity index (χ4v) is 7.37. The third kappa shape index (κ3) is 4.33. The molecule has 0 atom stereocenters. The Morgan fingerprint density at radius 2 is 0.980 bits per heavy atom. The predicted octanol–water partition coefficient (Wildman–Crippen LogP) is 13.7. The van der Waals surface area contributed by atoms with Crippen molar-refractivity contribution in [3.63, 3.8) is 0 Å². The summed E-state index contributed by atoms with van der Waals surface area (Å²) in [6, 6.07) is 34.8. The van der Waals surface area contributed by atoms with Crippen molar-refractivity contribution < 1.29 is 18.1 Å². The molecule has 0 aliphatic heterocycles. The molecule has 0 amide bonds. The van der Waals surface area contributed by atoms with Gasteiger partial charge in [0.1, 0.15) is 11.2 Å². The molecular formula is C48H30O. The highest BCUT2D eigenvalue weighted by Gasteiger charge is 2.22. The van der Waals surface area contributed by atoms with Crippen LogP contribution in [0.25, 0.3) is 98.8 Å². The van der Waals surface area contributed by atoms with Crippen LogP contribution in [0.4, 0.5) is 0 Å². The van der Waals surface area contributed by atoms with Crippen molar-refractivity contribution in [3.05, 3.63) is 182 Å². The quantitative estimate of drug-likeness (QED) is 0.176. The maximum absolute atomic E-state index is 8.96. The lowest BCUT2D eigenvalue weighted by atomic mass is 9.82. The average molecular weight is 633 g/mol. The van der Waals surface area contributed by atoms with Crippen LogP contribution in [0, 0.1) is 0 Å². The number of fused-ring (bicyclic) bond motifs is 7. The second kappa shape index (κ2) is 11.1. The first kappa shape index (κ1) is 19.4. The summed E-state index contributed by atoms with van der Waals surface area (Å²) < 4.78 is 92.8. The van der Waals surface area contributed by atoms with E-state index < -0.39 is 36.3 Å². The Kier molecular flexibility index (Phi) is 4.39. The van der Waals surface area contributed by atoms with Crippen molar-refractivity contribution in [2.45, 2.75) is 0 Å². The molecule has 10 rings (SSSR count). The molecule has 0 saturated heterocycles. The van der Waals surface area contributed by atoms with E-state index in [4.69, 9.17) is 18.1 Å². The molecule has 1 aromatic heterocycles. The summed E-state index contributed by atoms with van der Waals surface area (Å²) in [6.45, 7) is 0. The van der Waals surface area contributed by atoms with Gasteiger partial charge in [0.05, 0.1) is 13.7 Å². The first-order chi connectivity index (χ1) is 28.5. The van der Waals surface area contributed by atoms with Gasteiger partial charge in [-0.3, -0.25) is 0 Å². The Bertz CT molecular complexity index is 3400. The molecule has 0 spiro atoms. The summed E-state index contributed by atoms with van der Waals surface area (Å²) in [7, 11) is 0. The molecular weight excluding hydrogens is 593 g/mol. The van der Waals surface area contributed by atoms with E-state index in [-0.39, 0.29) is 35.3 Å². The number of rotatable bonds is 4. The Morgan fingerprint density at radius 3 is 1.76 bits per heavy atom. The molecule has 0 radical (unpaired) electrons. The van der Waals surface area contributed by atoms with Crippen LogP contribution in [0.5, 0.6) is 0 Å². The maximum Gasteiger partial charge on any atom is 0.143 e. The molecule has 0 unspecified atom stereocenters. The van der Waals surface area contributed by atoms with Gasteiger partial charge in [-0.1, -0.05) is 164 Å². The largest absolute Gasteiger partial charge is 0.455 e. The van der Waals surface area contributed by atoms with Crippen molar-refractivity contribution in [1.82, 2.24) is 0 Å². The second-order valence-electron chi connectivity index (χ2n) is 12.0. The highest BCUT2D eigenvalue weighted by Crippen LogP contribution is 2.49. The fraction of sp³-hybridized carbons (Fsp3) is 0. The minimum Gasteiger partial charge on any atom is -0.455 e. The van der Waals surface area contributed by atoms with Gasteiger partial charge in [0.2, 0.25) is 0 Å². The van der Waals surface area contributed by atoms with E-state index in [0.717, 1.165) is 54.4 Å². The van der Waals surface area contributed by atoms with E-state index in [1.165, 1.54) is 0 Å². The van der Waals surface area contributed by atoms with E-state index in [9.17, 15) is 0 Å². The minimum absolute atomic E-state index is 0.0484. The average Bonchev–Trinajstić information content (AvgIpc) is 3.66. The Morgan fingerprint density at radius 1 is 0.388 bits per heavy atom. The fourth-order valence-electron chi connectivity index (χ4n) is 7.37. The number of hydrogen-bond acceptors (Lipinski definition) is 1. The molecule has 1 heterocycles. The van der Waals surface area contributed by atoms with Crippen molar-refractivity contribution >= 4 is 54.3 Å². The Labute approximate surface area is 298 Å². The van der Waals surface area contributed by atoms with Crippen LogP contribution in [-0.4, -0.2) is 0 Å². The summed E-state index contributed by atoms with van der Waals surface area (Å²) in [5.41, 5.74) is 5.46. The molecule has 1 heteroatoms. The van der Waals surface area contributed by atoms with E-state index in [1.54, 1.807) is 18.2 Å². The summed E-state index contributed by atoms with van der Waals surface area (Å²) in [5.74, 6) is 0. The maximum atomic E-state index is 8.96. The van der Waals surface area contributed by atoms with Crippen LogP contribution in [0.3, 0.4) is 0 Å². The van der Waals surface area contributed by atoms with Crippen molar-refractivity contribution in [2.75, 3.05) is 0 Å². The normalized spacial score (nSPS) is 14.5. The third-order valence-corrected chi connectivity index (χ3v) is 9.43. The van der Waals surface area contributed by atoms with E-state index in [0.29, 0.717) is 33.2 Å². The Balaban J connectivity index is 1.39. The lowest BCUT2D eigenvalue weighted by Crippen LogP contribution is -1.93. The molecule has 10 aromatic rings. The van der Waals surface area contributed by atoms with Gasteiger partial charge in [-0.05, 0) is 89.6 Å². The predicted molar refractivity (Wildman–Crippen MR) is 208 cm³/mol. The summed E-state index contributed by atoms with van der Waals surface area (Å²) in [4.78, 5) is 0. The molecule has 0 N–H and O–H groups in total. The Hall–Kier alpha value is -6.44. The van der Waals surface area contributed by atoms with Crippen LogP contribution >= 0.6 is 0 Å². The first-order valence-electron chi connectivity index (χ1n) is 21.0. The molecule has 0 fully saturated rings. The summed E-state index contributed by atoms with van der Waals surface area (Å²) in [5, 5.41) is 7.03. The van der Waals surface area contributed by atoms with Gasteiger partial charge in [0.25, 0.3) is 0 Å². The molecule has 49 heavy (non-hydrogen) atoms. The van der Waals surface area contributed by atoms with Crippen molar-refractivity contribution in [2.24, 2.45) is 0 Å². The van der Waals surface area contributed by atoms with Gasteiger partial charge in [-0.25, -0.2) is 0 Å². The smallest absolute Gasteiger partial charge is 0.143 e. The number of hydrogen-bond donors (Lipinski definition) is 0. The zero-order chi connectivity index (χ0) is 41.0. The van der Waals surface area contributed by atoms with Crippen LogP contribution in [-0.2, 0) is 0 Å². The molecule has 0 aliphatic rings. The zero-order valence-electron chi connectivity index (χ0n) is 36.0. The molecule has 1 nitrogen and oxygen atoms in total. The topological polar surface area (TPSA) is 13.1 Å². The molecule has 0 aliphatic carbocycles. The van der Waals surface area contributed by atoms with Crippen molar-refractivity contribution in [1.29, 1.82) is 0 Å². The third-order valence-electron chi connectivity index (χ3n) is 9.43. The van der Waals surface area contributed by atoms with Gasteiger partial charge >= 0.3 is 0 Å². The van der Waals surface area contributed by atoms with Gasteiger partial charge in [-0.2, -0.15) is 0 Å². The second-order valence-corrected chi connectivity index (χ2v) is 12.0. The molecule has 9 aromatic carbocycles. The van der Waals surface area contributed by atoms with E-state index >= 15 is 0 Å². The van der Waals surface area contributed by atoms with Gasteiger partial charge in [0.15, 0.2) is 0 Å². The highest BCUT2D eigenvalue weighted by molar-refractivity contribution is 6.27. The van der Waals surface area contributed by atoms with Crippen molar-refractivity contribution in [3.8, 4) is 44.5 Å².